The fraction of sp³-hybridized carbons (Fsp3) is 0.462. The smallest absolute Gasteiger partial charge is 0.249 e. The number of fused-ring (bicyclic) bond motifs is 1. The van der Waals surface area contributed by atoms with Gasteiger partial charge in [0.25, 0.3) is 0 Å². The lowest BCUT2D eigenvalue weighted by Gasteiger charge is -2.13. The van der Waals surface area contributed by atoms with Crippen molar-refractivity contribution in [2.45, 2.75) is 12.3 Å². The number of carbonyl (C=O) groups is 1. The highest BCUT2D eigenvalue weighted by Gasteiger charge is 2.45. The zero-order valence-corrected chi connectivity index (χ0v) is 10.4. The van der Waals surface area contributed by atoms with Crippen LogP contribution in [-0.2, 0) is 9.63 Å². The van der Waals surface area contributed by atoms with Gasteiger partial charge in [0.15, 0.2) is 11.5 Å². The molecular weight excluding hydrogens is 234 g/mol. The van der Waals surface area contributed by atoms with Crippen molar-refractivity contribution in [3.05, 3.63) is 23.8 Å². The molecule has 0 bridgehead atoms. The Balaban J connectivity index is 1.73. The lowest BCUT2D eigenvalue weighted by Crippen LogP contribution is -2.27. The van der Waals surface area contributed by atoms with Crippen molar-refractivity contribution in [2.75, 3.05) is 21.0 Å². The Labute approximate surface area is 105 Å². The highest BCUT2D eigenvalue weighted by Crippen LogP contribution is 2.50. The molecule has 2 atom stereocenters. The third-order valence-electron chi connectivity index (χ3n) is 3.52. The second kappa shape index (κ2) is 4.17. The molecule has 2 unspecified atom stereocenters. The molecule has 0 saturated heterocycles. The molecule has 0 radical (unpaired) electrons. The number of ether oxygens (including phenoxy) is 2. The molecule has 1 saturated carbocycles. The minimum absolute atomic E-state index is 0.0234. The van der Waals surface area contributed by atoms with E-state index in [0.717, 1.165) is 23.5 Å². The molecule has 1 aliphatic carbocycles. The van der Waals surface area contributed by atoms with E-state index in [2.05, 4.69) is 0 Å². The number of carbonyl (C=O) groups excluding carboxylic acids is 1. The first-order valence-corrected chi connectivity index (χ1v) is 5.92. The van der Waals surface area contributed by atoms with Gasteiger partial charge in [-0.3, -0.25) is 9.63 Å². The van der Waals surface area contributed by atoms with Crippen LogP contribution in [0, 0.1) is 5.92 Å². The van der Waals surface area contributed by atoms with Crippen molar-refractivity contribution in [3.63, 3.8) is 0 Å². The SMILES string of the molecule is CON(C)C(=O)C1CC1c1ccc2c(c1)OCO2. The Morgan fingerprint density at radius 3 is 2.94 bits per heavy atom. The van der Waals surface area contributed by atoms with Crippen LogP contribution in [0.5, 0.6) is 11.5 Å². The van der Waals surface area contributed by atoms with Gasteiger partial charge >= 0.3 is 0 Å². The fourth-order valence-corrected chi connectivity index (χ4v) is 2.30. The van der Waals surface area contributed by atoms with Crippen molar-refractivity contribution in [1.29, 1.82) is 0 Å². The molecule has 2 aliphatic rings. The van der Waals surface area contributed by atoms with Gasteiger partial charge in [-0.05, 0) is 30.0 Å². The van der Waals surface area contributed by atoms with E-state index in [0.29, 0.717) is 0 Å². The lowest BCUT2D eigenvalue weighted by atomic mass is 10.1. The van der Waals surface area contributed by atoms with Gasteiger partial charge in [0.2, 0.25) is 12.7 Å². The standard InChI is InChI=1S/C13H15NO4/c1-14(16-2)13(15)10-6-9(10)8-3-4-11-12(5-8)18-7-17-11/h3-5,9-10H,6-7H2,1-2H3. The Kier molecular flexibility index (Phi) is 2.63. The molecule has 5 heteroatoms. The first kappa shape index (κ1) is 11.3. The summed E-state index contributed by atoms with van der Waals surface area (Å²) in [6.07, 6.45) is 0.867. The van der Waals surface area contributed by atoms with Gasteiger partial charge in [0.1, 0.15) is 0 Å². The van der Waals surface area contributed by atoms with E-state index >= 15 is 0 Å². The van der Waals surface area contributed by atoms with Gasteiger partial charge in [0.05, 0.1) is 7.11 Å². The second-order valence-corrected chi connectivity index (χ2v) is 4.58. The van der Waals surface area contributed by atoms with Gasteiger partial charge in [-0.15, -0.1) is 0 Å². The van der Waals surface area contributed by atoms with E-state index in [1.807, 2.05) is 18.2 Å². The summed E-state index contributed by atoms with van der Waals surface area (Å²) in [7, 11) is 3.13. The van der Waals surface area contributed by atoms with E-state index in [1.165, 1.54) is 12.2 Å². The molecule has 0 aromatic heterocycles. The Morgan fingerprint density at radius 1 is 1.39 bits per heavy atom. The maximum atomic E-state index is 11.9. The van der Waals surface area contributed by atoms with Gasteiger partial charge in [-0.2, -0.15) is 0 Å². The van der Waals surface area contributed by atoms with Crippen LogP contribution in [0.25, 0.3) is 0 Å². The van der Waals surface area contributed by atoms with E-state index in [9.17, 15) is 4.79 Å². The zero-order valence-electron chi connectivity index (χ0n) is 10.4. The number of hydrogen-bond acceptors (Lipinski definition) is 4. The molecule has 1 aromatic carbocycles. The maximum Gasteiger partial charge on any atom is 0.249 e. The molecule has 96 valence electrons. The number of amides is 1. The monoisotopic (exact) mass is 249 g/mol. The van der Waals surface area contributed by atoms with E-state index in [1.54, 1.807) is 7.05 Å². The third-order valence-corrected chi connectivity index (χ3v) is 3.52. The average molecular weight is 249 g/mol. The molecule has 1 aromatic rings. The van der Waals surface area contributed by atoms with Crippen LogP contribution >= 0.6 is 0 Å². The topological polar surface area (TPSA) is 48.0 Å². The Hall–Kier alpha value is -1.75. The molecule has 1 amide bonds. The largest absolute Gasteiger partial charge is 0.454 e. The fourth-order valence-electron chi connectivity index (χ4n) is 2.30. The van der Waals surface area contributed by atoms with Crippen molar-refractivity contribution in [2.24, 2.45) is 5.92 Å². The number of benzene rings is 1. The first-order valence-electron chi connectivity index (χ1n) is 5.92. The van der Waals surface area contributed by atoms with Gasteiger partial charge in [-0.1, -0.05) is 6.07 Å². The van der Waals surface area contributed by atoms with E-state index < -0.39 is 0 Å². The highest BCUT2D eigenvalue weighted by molar-refractivity contribution is 5.82. The van der Waals surface area contributed by atoms with Crippen LogP contribution in [0.15, 0.2) is 18.2 Å². The molecule has 3 rings (SSSR count). The zero-order chi connectivity index (χ0) is 12.7. The number of nitrogens with zero attached hydrogens (tertiary/aromatic N) is 1. The summed E-state index contributed by atoms with van der Waals surface area (Å²) in [5, 5.41) is 1.29. The maximum absolute atomic E-state index is 11.9. The van der Waals surface area contributed by atoms with Gasteiger partial charge in [0, 0.05) is 13.0 Å². The quantitative estimate of drug-likeness (QED) is 0.762. The average Bonchev–Trinajstić information content (AvgIpc) is 3.06. The number of rotatable bonds is 3. The summed E-state index contributed by atoms with van der Waals surface area (Å²) in [6.45, 7) is 0.276. The summed E-state index contributed by atoms with van der Waals surface area (Å²) in [4.78, 5) is 16.8. The Morgan fingerprint density at radius 2 is 2.17 bits per heavy atom. The van der Waals surface area contributed by atoms with Crippen LogP contribution in [-0.4, -0.2) is 31.9 Å². The van der Waals surface area contributed by atoms with Gasteiger partial charge < -0.3 is 9.47 Å². The van der Waals surface area contributed by atoms with Crippen LogP contribution in [0.3, 0.4) is 0 Å². The third kappa shape index (κ3) is 1.80. The van der Waals surface area contributed by atoms with Crippen LogP contribution in [0.2, 0.25) is 0 Å². The minimum Gasteiger partial charge on any atom is -0.454 e. The van der Waals surface area contributed by atoms with Crippen LogP contribution in [0.4, 0.5) is 0 Å². The summed E-state index contributed by atoms with van der Waals surface area (Å²) in [5.74, 6) is 1.86. The minimum atomic E-state index is 0.0234. The molecular formula is C13H15NO4. The molecule has 1 heterocycles. The predicted octanol–water partition coefficient (Wildman–Crippen LogP) is 1.54. The predicted molar refractivity (Wildman–Crippen MR) is 63.2 cm³/mol. The van der Waals surface area contributed by atoms with Crippen molar-refractivity contribution in [3.8, 4) is 11.5 Å². The molecule has 5 nitrogen and oxygen atoms in total. The summed E-state index contributed by atoms with van der Waals surface area (Å²) in [5.41, 5.74) is 1.13. The number of hydrogen-bond donors (Lipinski definition) is 0. The summed E-state index contributed by atoms with van der Waals surface area (Å²) in [6, 6.07) is 5.86. The van der Waals surface area contributed by atoms with Crippen molar-refractivity contribution in [1.82, 2.24) is 5.06 Å². The van der Waals surface area contributed by atoms with E-state index in [-0.39, 0.29) is 24.5 Å². The van der Waals surface area contributed by atoms with Crippen LogP contribution < -0.4 is 9.47 Å². The molecule has 1 fully saturated rings. The summed E-state index contributed by atoms with van der Waals surface area (Å²) < 4.78 is 10.6. The highest BCUT2D eigenvalue weighted by atomic mass is 16.7. The molecule has 18 heavy (non-hydrogen) atoms. The van der Waals surface area contributed by atoms with Crippen molar-refractivity contribution >= 4 is 5.91 Å². The van der Waals surface area contributed by atoms with Crippen LogP contribution in [0.1, 0.15) is 17.9 Å². The van der Waals surface area contributed by atoms with E-state index in [4.69, 9.17) is 14.3 Å². The first-order chi connectivity index (χ1) is 8.70. The lowest BCUT2D eigenvalue weighted by molar-refractivity contribution is -0.170. The molecule has 0 N–H and O–H groups in total. The van der Waals surface area contributed by atoms with Gasteiger partial charge in [-0.25, -0.2) is 5.06 Å². The number of hydroxylamine groups is 2. The Bertz CT molecular complexity index is 488. The van der Waals surface area contributed by atoms with Crippen molar-refractivity contribution < 1.29 is 19.1 Å². The normalized spacial score (nSPS) is 23.9. The molecule has 0 spiro atoms. The summed E-state index contributed by atoms with van der Waals surface area (Å²) >= 11 is 0. The second-order valence-electron chi connectivity index (χ2n) is 4.58. The molecule has 1 aliphatic heterocycles.